The maximum Gasteiger partial charge on any atom is 0.222 e. The van der Waals surface area contributed by atoms with Crippen molar-refractivity contribution in [2.24, 2.45) is 5.73 Å². The quantitative estimate of drug-likeness (QED) is 0.792. The summed E-state index contributed by atoms with van der Waals surface area (Å²) in [6.07, 6.45) is 2.77. The van der Waals surface area contributed by atoms with Gasteiger partial charge in [-0.25, -0.2) is 0 Å². The van der Waals surface area contributed by atoms with Gasteiger partial charge in [0, 0.05) is 19.0 Å². The van der Waals surface area contributed by atoms with Gasteiger partial charge in [-0.15, -0.1) is 0 Å². The highest BCUT2D eigenvalue weighted by atomic mass is 16.1. The van der Waals surface area contributed by atoms with Crippen LogP contribution in [-0.4, -0.2) is 25.0 Å². The maximum atomic E-state index is 12.2. The number of rotatable bonds is 5. The summed E-state index contributed by atoms with van der Waals surface area (Å²) in [4.78, 5) is 12.2. The van der Waals surface area contributed by atoms with Crippen molar-refractivity contribution in [2.45, 2.75) is 31.3 Å². The van der Waals surface area contributed by atoms with Gasteiger partial charge in [-0.3, -0.25) is 4.79 Å². The number of nitrogens with one attached hydrogen (secondary N) is 2. The molecule has 2 aromatic rings. The summed E-state index contributed by atoms with van der Waals surface area (Å²) in [5.74, 6) is 0.0722. The summed E-state index contributed by atoms with van der Waals surface area (Å²) in [6.45, 7) is 1.42. The van der Waals surface area contributed by atoms with Gasteiger partial charge in [-0.2, -0.15) is 0 Å². The number of fused-ring (bicyclic) bond motifs is 1. The van der Waals surface area contributed by atoms with Crippen LogP contribution in [0.4, 0.5) is 0 Å². The lowest BCUT2D eigenvalue weighted by molar-refractivity contribution is -0.122. The summed E-state index contributed by atoms with van der Waals surface area (Å²) in [5.41, 5.74) is 6.94. The highest BCUT2D eigenvalue weighted by molar-refractivity contribution is 5.83. The second-order valence-corrected chi connectivity index (χ2v) is 5.96. The predicted octanol–water partition coefficient (Wildman–Crippen LogP) is 2.10. The van der Waals surface area contributed by atoms with Crippen LogP contribution in [0.3, 0.4) is 0 Å². The number of hydrogen-bond acceptors (Lipinski definition) is 3. The zero-order chi connectivity index (χ0) is 15.4. The summed E-state index contributed by atoms with van der Waals surface area (Å²) < 4.78 is 0. The molecule has 0 aromatic heterocycles. The Bertz CT molecular complexity index is 650. The highest BCUT2D eigenvalue weighted by Gasteiger charge is 2.20. The van der Waals surface area contributed by atoms with Crippen molar-refractivity contribution >= 4 is 16.7 Å². The molecule has 22 heavy (non-hydrogen) atoms. The zero-order valence-corrected chi connectivity index (χ0v) is 12.7. The van der Waals surface area contributed by atoms with Gasteiger partial charge in [-0.05, 0) is 41.8 Å². The van der Waals surface area contributed by atoms with Gasteiger partial charge in [-0.1, -0.05) is 36.4 Å². The summed E-state index contributed by atoms with van der Waals surface area (Å²) in [6, 6.07) is 14.6. The SMILES string of the molecule is NCC(NC(=O)CC1CCCN1)c1ccc2ccccc2c1. The number of hydrogen-bond donors (Lipinski definition) is 3. The predicted molar refractivity (Wildman–Crippen MR) is 89.5 cm³/mol. The third kappa shape index (κ3) is 3.46. The van der Waals surface area contributed by atoms with E-state index in [1.807, 2.05) is 18.2 Å². The molecule has 1 aliphatic rings. The average Bonchev–Trinajstić information content (AvgIpc) is 3.05. The molecule has 0 radical (unpaired) electrons. The Morgan fingerprint density at radius 3 is 2.82 bits per heavy atom. The molecule has 0 spiro atoms. The van der Waals surface area contributed by atoms with Gasteiger partial charge in [0.2, 0.25) is 5.91 Å². The summed E-state index contributed by atoms with van der Waals surface area (Å²) in [5, 5.41) is 8.79. The maximum absolute atomic E-state index is 12.2. The molecular weight excluding hydrogens is 274 g/mol. The first-order valence-corrected chi connectivity index (χ1v) is 7.98. The fraction of sp³-hybridized carbons (Fsp3) is 0.389. The number of carbonyl (C=O) groups excluding carboxylic acids is 1. The Morgan fingerprint density at radius 1 is 1.27 bits per heavy atom. The lowest BCUT2D eigenvalue weighted by atomic mass is 10.0. The van der Waals surface area contributed by atoms with E-state index >= 15 is 0 Å². The Labute approximate surface area is 131 Å². The molecule has 1 heterocycles. The summed E-state index contributed by atoms with van der Waals surface area (Å²) in [7, 11) is 0. The molecule has 0 saturated carbocycles. The molecule has 1 amide bonds. The minimum atomic E-state index is -0.126. The first kappa shape index (κ1) is 15.0. The largest absolute Gasteiger partial charge is 0.348 e. The van der Waals surface area contributed by atoms with Gasteiger partial charge in [0.1, 0.15) is 0 Å². The molecule has 2 atom stereocenters. The fourth-order valence-corrected chi connectivity index (χ4v) is 3.11. The van der Waals surface area contributed by atoms with E-state index in [0.29, 0.717) is 19.0 Å². The molecule has 2 aromatic carbocycles. The van der Waals surface area contributed by atoms with Crippen LogP contribution < -0.4 is 16.4 Å². The average molecular weight is 297 g/mol. The lowest BCUT2D eigenvalue weighted by Gasteiger charge is -2.19. The fourth-order valence-electron chi connectivity index (χ4n) is 3.11. The Balaban J connectivity index is 1.70. The van der Waals surface area contributed by atoms with Gasteiger partial charge in [0.05, 0.1) is 6.04 Å². The number of nitrogens with two attached hydrogens (primary N) is 1. The number of benzene rings is 2. The van der Waals surface area contributed by atoms with E-state index in [1.165, 1.54) is 10.8 Å². The Kier molecular flexibility index (Phi) is 4.71. The molecule has 116 valence electrons. The molecule has 4 heteroatoms. The molecule has 4 nitrogen and oxygen atoms in total. The van der Waals surface area contributed by atoms with E-state index < -0.39 is 0 Å². The van der Waals surface area contributed by atoms with Crippen LogP contribution in [0.15, 0.2) is 42.5 Å². The van der Waals surface area contributed by atoms with Crippen LogP contribution >= 0.6 is 0 Å². The molecule has 2 unspecified atom stereocenters. The van der Waals surface area contributed by atoms with Crippen molar-refractivity contribution in [1.82, 2.24) is 10.6 Å². The van der Waals surface area contributed by atoms with Crippen LogP contribution in [0.2, 0.25) is 0 Å². The second-order valence-electron chi connectivity index (χ2n) is 5.96. The van der Waals surface area contributed by atoms with Crippen LogP contribution in [-0.2, 0) is 4.79 Å². The van der Waals surface area contributed by atoms with Gasteiger partial charge < -0.3 is 16.4 Å². The molecule has 1 fully saturated rings. The summed E-state index contributed by atoms with van der Waals surface area (Å²) >= 11 is 0. The van der Waals surface area contributed by atoms with Crippen molar-refractivity contribution < 1.29 is 4.79 Å². The number of carbonyl (C=O) groups is 1. The van der Waals surface area contributed by atoms with Crippen LogP contribution in [0.25, 0.3) is 10.8 Å². The van der Waals surface area contributed by atoms with Crippen LogP contribution in [0, 0.1) is 0 Å². The van der Waals surface area contributed by atoms with Crippen molar-refractivity contribution in [3.63, 3.8) is 0 Å². The van der Waals surface area contributed by atoms with E-state index in [0.717, 1.165) is 24.9 Å². The smallest absolute Gasteiger partial charge is 0.222 e. The van der Waals surface area contributed by atoms with E-state index in [1.54, 1.807) is 0 Å². The van der Waals surface area contributed by atoms with Crippen molar-refractivity contribution in [3.8, 4) is 0 Å². The number of amides is 1. The monoisotopic (exact) mass is 297 g/mol. The second kappa shape index (κ2) is 6.90. The van der Waals surface area contributed by atoms with E-state index in [-0.39, 0.29) is 11.9 Å². The standard InChI is InChI=1S/C18H23N3O/c19-12-17(21-18(22)11-16-6-3-9-20-16)15-8-7-13-4-1-2-5-14(13)10-15/h1-2,4-5,7-8,10,16-17,20H,3,6,9,11-12,19H2,(H,21,22). The normalized spacial score (nSPS) is 19.2. The first-order chi connectivity index (χ1) is 10.8. The van der Waals surface area contributed by atoms with Crippen LogP contribution in [0.5, 0.6) is 0 Å². The Hall–Kier alpha value is -1.91. The van der Waals surface area contributed by atoms with E-state index in [4.69, 9.17) is 5.73 Å². The molecule has 1 saturated heterocycles. The molecule has 3 rings (SSSR count). The highest BCUT2D eigenvalue weighted by Crippen LogP contribution is 2.20. The third-order valence-corrected chi connectivity index (χ3v) is 4.34. The van der Waals surface area contributed by atoms with E-state index in [2.05, 4.69) is 34.9 Å². The minimum absolute atomic E-state index is 0.0722. The lowest BCUT2D eigenvalue weighted by Crippen LogP contribution is -2.37. The first-order valence-electron chi connectivity index (χ1n) is 7.98. The molecule has 1 aliphatic heterocycles. The van der Waals surface area contributed by atoms with Crippen molar-refractivity contribution in [1.29, 1.82) is 0 Å². The van der Waals surface area contributed by atoms with Gasteiger partial charge >= 0.3 is 0 Å². The molecule has 4 N–H and O–H groups in total. The molecule has 0 bridgehead atoms. The topological polar surface area (TPSA) is 67.1 Å². The zero-order valence-electron chi connectivity index (χ0n) is 12.7. The minimum Gasteiger partial charge on any atom is -0.348 e. The van der Waals surface area contributed by atoms with Crippen molar-refractivity contribution in [3.05, 3.63) is 48.0 Å². The van der Waals surface area contributed by atoms with Crippen LogP contribution in [0.1, 0.15) is 30.9 Å². The van der Waals surface area contributed by atoms with Gasteiger partial charge in [0.25, 0.3) is 0 Å². The van der Waals surface area contributed by atoms with E-state index in [9.17, 15) is 4.79 Å². The van der Waals surface area contributed by atoms with Gasteiger partial charge in [0.15, 0.2) is 0 Å². The molecular formula is C18H23N3O. The Morgan fingerprint density at radius 2 is 2.09 bits per heavy atom. The third-order valence-electron chi connectivity index (χ3n) is 4.34. The van der Waals surface area contributed by atoms with Crippen molar-refractivity contribution in [2.75, 3.05) is 13.1 Å². The molecule has 0 aliphatic carbocycles.